The van der Waals surface area contributed by atoms with Gasteiger partial charge in [0.2, 0.25) is 0 Å². The van der Waals surface area contributed by atoms with Crippen molar-refractivity contribution in [2.24, 2.45) is 5.73 Å². The van der Waals surface area contributed by atoms with Crippen molar-refractivity contribution in [1.29, 1.82) is 0 Å². The lowest BCUT2D eigenvalue weighted by molar-refractivity contribution is 0.297. The molecule has 0 fully saturated rings. The fourth-order valence-corrected chi connectivity index (χ4v) is 2.32. The Balaban J connectivity index is 2.10. The Hall–Kier alpha value is -1.39. The van der Waals surface area contributed by atoms with Crippen LogP contribution in [-0.2, 0) is 13.0 Å². The summed E-state index contributed by atoms with van der Waals surface area (Å²) in [7, 11) is 0. The summed E-state index contributed by atoms with van der Waals surface area (Å²) in [4.78, 5) is 4.26. The minimum absolute atomic E-state index is 0.154. The van der Waals surface area contributed by atoms with E-state index in [0.29, 0.717) is 6.61 Å². The summed E-state index contributed by atoms with van der Waals surface area (Å²) < 4.78 is 6.93. The van der Waals surface area contributed by atoms with Gasteiger partial charge in [0.1, 0.15) is 12.4 Å². The predicted octanol–water partition coefficient (Wildman–Crippen LogP) is 3.70. The number of nitrogens with zero attached hydrogens (tertiary/aromatic N) is 1. The smallest absolute Gasteiger partial charge is 0.130 e. The molecule has 0 bridgehead atoms. The van der Waals surface area contributed by atoms with Gasteiger partial charge in [-0.05, 0) is 48.7 Å². The third kappa shape index (κ3) is 4.32. The lowest BCUT2D eigenvalue weighted by atomic mass is 10.0. The van der Waals surface area contributed by atoms with E-state index in [1.807, 2.05) is 30.3 Å². The molecule has 0 radical (unpaired) electrons. The van der Waals surface area contributed by atoms with Gasteiger partial charge in [-0.25, -0.2) is 0 Å². The van der Waals surface area contributed by atoms with Crippen LogP contribution in [0.5, 0.6) is 5.75 Å². The van der Waals surface area contributed by atoms with Crippen molar-refractivity contribution in [1.82, 2.24) is 4.98 Å². The summed E-state index contributed by atoms with van der Waals surface area (Å²) in [5.41, 5.74) is 8.10. The number of rotatable bonds is 6. The standard InChI is InChI=1S/C16H19BrN2O/c1-2-14(18)10-12-9-13(17)6-7-16(12)20-11-15-5-3-4-8-19-15/h3-9,14H,2,10-11,18H2,1H3. The largest absolute Gasteiger partial charge is 0.487 e. The number of ether oxygens (including phenoxy) is 1. The second-order valence-corrected chi connectivity index (χ2v) is 5.65. The van der Waals surface area contributed by atoms with Gasteiger partial charge in [-0.15, -0.1) is 0 Å². The van der Waals surface area contributed by atoms with E-state index >= 15 is 0 Å². The van der Waals surface area contributed by atoms with E-state index in [-0.39, 0.29) is 6.04 Å². The molecule has 0 saturated carbocycles. The zero-order chi connectivity index (χ0) is 14.4. The van der Waals surface area contributed by atoms with Gasteiger partial charge >= 0.3 is 0 Å². The molecular formula is C16H19BrN2O. The third-order valence-electron chi connectivity index (χ3n) is 3.13. The van der Waals surface area contributed by atoms with Gasteiger partial charge in [-0.3, -0.25) is 4.98 Å². The van der Waals surface area contributed by atoms with Gasteiger partial charge in [-0.1, -0.05) is 28.9 Å². The Labute approximate surface area is 128 Å². The van der Waals surface area contributed by atoms with E-state index in [0.717, 1.165) is 34.3 Å². The molecule has 0 aliphatic rings. The van der Waals surface area contributed by atoms with E-state index in [4.69, 9.17) is 10.5 Å². The van der Waals surface area contributed by atoms with E-state index in [1.165, 1.54) is 0 Å². The molecule has 2 N–H and O–H groups in total. The molecule has 1 unspecified atom stereocenters. The quantitative estimate of drug-likeness (QED) is 0.876. The van der Waals surface area contributed by atoms with E-state index in [2.05, 4.69) is 33.9 Å². The normalized spacial score (nSPS) is 12.2. The predicted molar refractivity (Wildman–Crippen MR) is 84.7 cm³/mol. The molecular weight excluding hydrogens is 316 g/mol. The van der Waals surface area contributed by atoms with Gasteiger partial charge in [0.15, 0.2) is 0 Å². The molecule has 0 spiro atoms. The van der Waals surface area contributed by atoms with Crippen molar-refractivity contribution in [3.05, 3.63) is 58.3 Å². The lowest BCUT2D eigenvalue weighted by Crippen LogP contribution is -2.21. The average Bonchev–Trinajstić information content (AvgIpc) is 2.47. The Kier molecular flexibility index (Phi) is 5.56. The van der Waals surface area contributed by atoms with Crippen LogP contribution in [0.1, 0.15) is 24.6 Å². The first kappa shape index (κ1) is 15.0. The highest BCUT2D eigenvalue weighted by Gasteiger charge is 2.09. The number of hydrogen-bond acceptors (Lipinski definition) is 3. The van der Waals surface area contributed by atoms with Crippen molar-refractivity contribution in [3.63, 3.8) is 0 Å². The number of hydrogen-bond donors (Lipinski definition) is 1. The molecule has 2 rings (SSSR count). The zero-order valence-electron chi connectivity index (χ0n) is 11.6. The summed E-state index contributed by atoms with van der Waals surface area (Å²) in [5, 5.41) is 0. The minimum atomic E-state index is 0.154. The minimum Gasteiger partial charge on any atom is -0.487 e. The highest BCUT2D eigenvalue weighted by molar-refractivity contribution is 9.10. The SMILES string of the molecule is CCC(N)Cc1cc(Br)ccc1OCc1ccccn1. The van der Waals surface area contributed by atoms with Crippen molar-refractivity contribution in [2.75, 3.05) is 0 Å². The maximum absolute atomic E-state index is 6.05. The Morgan fingerprint density at radius 1 is 1.30 bits per heavy atom. The molecule has 1 aromatic carbocycles. The van der Waals surface area contributed by atoms with E-state index < -0.39 is 0 Å². The van der Waals surface area contributed by atoms with Gasteiger partial charge in [0.25, 0.3) is 0 Å². The fourth-order valence-electron chi connectivity index (χ4n) is 1.91. The zero-order valence-corrected chi connectivity index (χ0v) is 13.1. The van der Waals surface area contributed by atoms with Crippen molar-refractivity contribution < 1.29 is 4.74 Å². The first-order valence-electron chi connectivity index (χ1n) is 6.75. The summed E-state index contributed by atoms with van der Waals surface area (Å²) in [6, 6.07) is 12.0. The first-order valence-corrected chi connectivity index (χ1v) is 7.55. The maximum Gasteiger partial charge on any atom is 0.130 e. The molecule has 2 aromatic rings. The highest BCUT2D eigenvalue weighted by atomic mass is 79.9. The fraction of sp³-hybridized carbons (Fsp3) is 0.312. The van der Waals surface area contributed by atoms with Crippen LogP contribution in [0.4, 0.5) is 0 Å². The third-order valence-corrected chi connectivity index (χ3v) is 3.62. The molecule has 3 nitrogen and oxygen atoms in total. The molecule has 0 aliphatic heterocycles. The van der Waals surface area contributed by atoms with E-state index in [9.17, 15) is 0 Å². The second kappa shape index (κ2) is 7.41. The van der Waals surface area contributed by atoms with Crippen LogP contribution in [0.3, 0.4) is 0 Å². The Morgan fingerprint density at radius 3 is 2.85 bits per heavy atom. The van der Waals surface area contributed by atoms with Crippen molar-refractivity contribution in [2.45, 2.75) is 32.4 Å². The van der Waals surface area contributed by atoms with Crippen molar-refractivity contribution in [3.8, 4) is 5.75 Å². The molecule has 0 aliphatic carbocycles. The number of benzene rings is 1. The monoisotopic (exact) mass is 334 g/mol. The van der Waals surface area contributed by atoms with Gasteiger partial charge in [-0.2, -0.15) is 0 Å². The molecule has 106 valence electrons. The maximum atomic E-state index is 6.05. The van der Waals surface area contributed by atoms with E-state index in [1.54, 1.807) is 6.20 Å². The van der Waals surface area contributed by atoms with Crippen LogP contribution >= 0.6 is 15.9 Å². The summed E-state index contributed by atoms with van der Waals surface area (Å²) in [6.07, 6.45) is 3.54. The first-order chi connectivity index (χ1) is 9.69. The molecule has 1 aromatic heterocycles. The van der Waals surface area contributed by atoms with Crippen molar-refractivity contribution >= 4 is 15.9 Å². The molecule has 1 atom stereocenters. The van der Waals surface area contributed by atoms with Crippen LogP contribution in [0.25, 0.3) is 0 Å². The summed E-state index contributed by atoms with van der Waals surface area (Å²) in [5.74, 6) is 0.878. The number of halogens is 1. The molecule has 20 heavy (non-hydrogen) atoms. The Morgan fingerprint density at radius 2 is 2.15 bits per heavy atom. The van der Waals surface area contributed by atoms with Crippen LogP contribution in [-0.4, -0.2) is 11.0 Å². The van der Waals surface area contributed by atoms with Gasteiger partial charge in [0.05, 0.1) is 5.69 Å². The Bertz CT molecular complexity index is 545. The van der Waals surface area contributed by atoms with Gasteiger partial charge < -0.3 is 10.5 Å². The average molecular weight is 335 g/mol. The van der Waals surface area contributed by atoms with Gasteiger partial charge in [0, 0.05) is 16.7 Å². The topological polar surface area (TPSA) is 48.1 Å². The lowest BCUT2D eigenvalue weighted by Gasteiger charge is -2.14. The second-order valence-electron chi connectivity index (χ2n) is 4.73. The number of aromatic nitrogens is 1. The highest BCUT2D eigenvalue weighted by Crippen LogP contribution is 2.25. The van der Waals surface area contributed by atoms with Crippen LogP contribution in [0.15, 0.2) is 47.1 Å². The van der Waals surface area contributed by atoms with Crippen LogP contribution < -0.4 is 10.5 Å². The summed E-state index contributed by atoms with van der Waals surface area (Å²) in [6.45, 7) is 2.56. The molecule has 4 heteroatoms. The molecule has 0 saturated heterocycles. The molecule has 1 heterocycles. The molecule has 0 amide bonds. The summed E-state index contributed by atoms with van der Waals surface area (Å²) >= 11 is 3.50. The number of nitrogens with two attached hydrogens (primary N) is 1. The van der Waals surface area contributed by atoms with Crippen LogP contribution in [0, 0.1) is 0 Å². The van der Waals surface area contributed by atoms with Crippen LogP contribution in [0.2, 0.25) is 0 Å². The number of pyridine rings is 1.